The van der Waals surface area contributed by atoms with Gasteiger partial charge in [0, 0.05) is 54.5 Å². The van der Waals surface area contributed by atoms with Crippen LogP contribution in [-0.2, 0) is 19.5 Å². The molecule has 4 aromatic rings. The molecule has 0 fully saturated rings. The molecule has 0 amide bonds. The maximum absolute atomic E-state index is 5.87. The van der Waals surface area contributed by atoms with Crippen molar-refractivity contribution in [3.8, 4) is 28.1 Å². The molecule has 0 spiro atoms. The SMILES string of the molecule is COc1ccc(Oc2ncc(CN3CCc4nc(-c5ccccc5)ncc4C3)s2)cc1. The molecule has 31 heavy (non-hydrogen) atoms. The number of thiazole rings is 1. The first-order chi connectivity index (χ1) is 15.3. The second-order valence-electron chi connectivity index (χ2n) is 7.36. The molecule has 0 unspecified atom stereocenters. The Kier molecular flexibility index (Phi) is 5.60. The molecule has 7 heteroatoms. The molecular weight excluding hydrogens is 408 g/mol. The number of fused-ring (bicyclic) bond motifs is 1. The Labute approximate surface area is 185 Å². The fraction of sp³-hybridized carbons (Fsp3) is 0.208. The summed E-state index contributed by atoms with van der Waals surface area (Å²) in [6.45, 7) is 2.64. The van der Waals surface area contributed by atoms with Crippen molar-refractivity contribution < 1.29 is 9.47 Å². The minimum absolute atomic E-state index is 0.647. The van der Waals surface area contributed by atoms with Gasteiger partial charge in [-0.05, 0) is 24.3 Å². The third kappa shape index (κ3) is 4.57. The lowest BCUT2D eigenvalue weighted by Crippen LogP contribution is -2.30. The zero-order valence-electron chi connectivity index (χ0n) is 17.2. The molecule has 0 aliphatic carbocycles. The van der Waals surface area contributed by atoms with Crippen LogP contribution in [0.2, 0.25) is 0 Å². The molecule has 0 radical (unpaired) electrons. The maximum Gasteiger partial charge on any atom is 0.278 e. The molecule has 0 N–H and O–H groups in total. The van der Waals surface area contributed by atoms with Crippen LogP contribution >= 0.6 is 11.3 Å². The van der Waals surface area contributed by atoms with Crippen molar-refractivity contribution >= 4 is 11.3 Å². The van der Waals surface area contributed by atoms with Gasteiger partial charge in [-0.25, -0.2) is 15.0 Å². The Hall–Kier alpha value is -3.29. The van der Waals surface area contributed by atoms with Gasteiger partial charge in [0.15, 0.2) is 5.82 Å². The fourth-order valence-electron chi connectivity index (χ4n) is 3.61. The standard InChI is InChI=1S/C24H22N4O2S/c1-29-19-7-9-20(10-8-19)30-24-26-14-21(31-24)16-28-12-11-22-18(15-28)13-25-23(27-22)17-5-3-2-4-6-17/h2-10,13-14H,11-12,15-16H2,1H3. The highest BCUT2D eigenvalue weighted by atomic mass is 32.1. The van der Waals surface area contributed by atoms with E-state index >= 15 is 0 Å². The van der Waals surface area contributed by atoms with Crippen molar-refractivity contribution in [3.05, 3.63) is 83.1 Å². The lowest BCUT2D eigenvalue weighted by atomic mass is 10.1. The first-order valence-corrected chi connectivity index (χ1v) is 11.0. The number of ether oxygens (including phenoxy) is 2. The summed E-state index contributed by atoms with van der Waals surface area (Å²) in [7, 11) is 1.65. The van der Waals surface area contributed by atoms with Gasteiger partial charge in [-0.15, -0.1) is 0 Å². The highest BCUT2D eigenvalue weighted by Gasteiger charge is 2.20. The lowest BCUT2D eigenvalue weighted by Gasteiger charge is -2.27. The summed E-state index contributed by atoms with van der Waals surface area (Å²) < 4.78 is 11.1. The van der Waals surface area contributed by atoms with Crippen LogP contribution in [0.25, 0.3) is 11.4 Å². The monoisotopic (exact) mass is 430 g/mol. The average molecular weight is 431 g/mol. The number of hydrogen-bond donors (Lipinski definition) is 0. The van der Waals surface area contributed by atoms with Crippen molar-refractivity contribution in [3.63, 3.8) is 0 Å². The summed E-state index contributed by atoms with van der Waals surface area (Å²) in [5, 5.41) is 0.647. The van der Waals surface area contributed by atoms with Gasteiger partial charge < -0.3 is 9.47 Å². The molecule has 2 aromatic heterocycles. The molecular formula is C24H22N4O2S. The summed E-state index contributed by atoms with van der Waals surface area (Å²) in [4.78, 5) is 17.4. The number of nitrogens with zero attached hydrogens (tertiary/aromatic N) is 4. The molecule has 6 nitrogen and oxygen atoms in total. The predicted octanol–water partition coefficient (Wildman–Crippen LogP) is 4.96. The van der Waals surface area contributed by atoms with Gasteiger partial charge in [-0.1, -0.05) is 41.7 Å². The van der Waals surface area contributed by atoms with E-state index in [9.17, 15) is 0 Å². The van der Waals surface area contributed by atoms with Crippen LogP contribution in [0, 0.1) is 0 Å². The van der Waals surface area contributed by atoms with Gasteiger partial charge in [-0.2, -0.15) is 0 Å². The molecule has 0 atom stereocenters. The quantitative estimate of drug-likeness (QED) is 0.431. The molecule has 1 aliphatic heterocycles. The van der Waals surface area contributed by atoms with E-state index in [1.165, 1.54) is 10.4 Å². The maximum atomic E-state index is 5.87. The third-order valence-electron chi connectivity index (χ3n) is 5.22. The highest BCUT2D eigenvalue weighted by molar-refractivity contribution is 7.13. The Morgan fingerprint density at radius 1 is 0.968 bits per heavy atom. The summed E-state index contributed by atoms with van der Waals surface area (Å²) in [6, 6.07) is 17.6. The van der Waals surface area contributed by atoms with E-state index in [2.05, 4.69) is 14.9 Å². The number of hydrogen-bond acceptors (Lipinski definition) is 7. The zero-order valence-corrected chi connectivity index (χ0v) is 18.0. The van der Waals surface area contributed by atoms with Crippen molar-refractivity contribution in [1.29, 1.82) is 0 Å². The summed E-state index contributed by atoms with van der Waals surface area (Å²) in [6.07, 6.45) is 4.79. The van der Waals surface area contributed by atoms with Gasteiger partial charge in [-0.3, -0.25) is 4.90 Å². The van der Waals surface area contributed by atoms with Crippen LogP contribution in [0.4, 0.5) is 0 Å². The smallest absolute Gasteiger partial charge is 0.278 e. The molecule has 0 bridgehead atoms. The number of methoxy groups -OCH3 is 1. The van der Waals surface area contributed by atoms with Gasteiger partial charge in [0.2, 0.25) is 0 Å². The number of rotatable bonds is 6. The molecule has 3 heterocycles. The summed E-state index contributed by atoms with van der Waals surface area (Å²) in [5.74, 6) is 2.35. The van der Waals surface area contributed by atoms with Crippen LogP contribution in [0.15, 0.2) is 67.0 Å². The van der Waals surface area contributed by atoms with Crippen molar-refractivity contribution in [2.75, 3.05) is 13.7 Å². The van der Waals surface area contributed by atoms with Crippen LogP contribution in [-0.4, -0.2) is 33.5 Å². The minimum Gasteiger partial charge on any atom is -0.497 e. The molecule has 0 saturated heterocycles. The van der Waals surface area contributed by atoms with E-state index in [0.717, 1.165) is 54.6 Å². The Morgan fingerprint density at radius 3 is 2.58 bits per heavy atom. The lowest BCUT2D eigenvalue weighted by molar-refractivity contribution is 0.245. The second-order valence-corrected chi connectivity index (χ2v) is 8.44. The molecule has 1 aliphatic rings. The van der Waals surface area contributed by atoms with Gasteiger partial charge >= 0.3 is 0 Å². The van der Waals surface area contributed by atoms with Crippen molar-refractivity contribution in [2.24, 2.45) is 0 Å². The second kappa shape index (κ2) is 8.83. The Bertz CT molecular complexity index is 1160. The van der Waals surface area contributed by atoms with Gasteiger partial charge in [0.05, 0.1) is 12.8 Å². The van der Waals surface area contributed by atoms with Crippen LogP contribution in [0.1, 0.15) is 16.1 Å². The predicted molar refractivity (Wildman–Crippen MR) is 120 cm³/mol. The van der Waals surface area contributed by atoms with Crippen molar-refractivity contribution in [1.82, 2.24) is 19.9 Å². The Morgan fingerprint density at radius 2 is 1.77 bits per heavy atom. The molecule has 156 valence electrons. The normalized spacial score (nSPS) is 13.6. The molecule has 2 aromatic carbocycles. The van der Waals surface area contributed by atoms with E-state index in [4.69, 9.17) is 14.5 Å². The van der Waals surface area contributed by atoms with Crippen LogP contribution in [0.5, 0.6) is 16.7 Å². The van der Waals surface area contributed by atoms with E-state index in [1.807, 2.05) is 67.0 Å². The van der Waals surface area contributed by atoms with Crippen LogP contribution in [0.3, 0.4) is 0 Å². The summed E-state index contributed by atoms with van der Waals surface area (Å²) in [5.41, 5.74) is 3.41. The van der Waals surface area contributed by atoms with Crippen molar-refractivity contribution in [2.45, 2.75) is 19.5 Å². The van der Waals surface area contributed by atoms with E-state index in [-0.39, 0.29) is 0 Å². The van der Waals surface area contributed by atoms with Crippen LogP contribution < -0.4 is 9.47 Å². The topological polar surface area (TPSA) is 60.4 Å². The van der Waals surface area contributed by atoms with E-state index in [1.54, 1.807) is 18.4 Å². The largest absolute Gasteiger partial charge is 0.497 e. The highest BCUT2D eigenvalue weighted by Crippen LogP contribution is 2.29. The zero-order chi connectivity index (χ0) is 21.0. The first kappa shape index (κ1) is 19.7. The van der Waals surface area contributed by atoms with E-state index in [0.29, 0.717) is 5.19 Å². The first-order valence-electron chi connectivity index (χ1n) is 10.2. The average Bonchev–Trinajstić information content (AvgIpc) is 3.26. The minimum atomic E-state index is 0.647. The molecule has 5 rings (SSSR count). The van der Waals surface area contributed by atoms with Gasteiger partial charge in [0.1, 0.15) is 11.5 Å². The number of aromatic nitrogens is 3. The summed E-state index contributed by atoms with van der Waals surface area (Å²) >= 11 is 1.57. The fourth-order valence-corrected chi connectivity index (χ4v) is 4.43. The third-order valence-corrected chi connectivity index (χ3v) is 6.08. The number of benzene rings is 2. The van der Waals surface area contributed by atoms with E-state index < -0.39 is 0 Å². The van der Waals surface area contributed by atoms with Gasteiger partial charge in [0.25, 0.3) is 5.19 Å². The Balaban J connectivity index is 1.22. The molecule has 0 saturated carbocycles.